The molecule has 2 aromatic rings. The maximum absolute atomic E-state index is 5.51. The lowest BCUT2D eigenvalue weighted by molar-refractivity contribution is 0.764. The molecule has 0 unspecified atom stereocenters. The Bertz CT molecular complexity index is 394. The van der Waals surface area contributed by atoms with Gasteiger partial charge in [0.2, 0.25) is 0 Å². The van der Waals surface area contributed by atoms with Gasteiger partial charge in [0.25, 0.3) is 0 Å². The molecule has 0 aliphatic rings. The van der Waals surface area contributed by atoms with Gasteiger partial charge < -0.3 is 10.3 Å². The van der Waals surface area contributed by atoms with Crippen molar-refractivity contribution in [1.82, 2.24) is 14.5 Å². The number of hydrogen-bond donors (Lipinski definition) is 1. The third-order valence-electron chi connectivity index (χ3n) is 1.98. The van der Waals surface area contributed by atoms with Gasteiger partial charge in [0.05, 0.1) is 24.3 Å². The topological polar surface area (TPSA) is 56.7 Å². The van der Waals surface area contributed by atoms with E-state index in [0.717, 1.165) is 17.9 Å². The number of nitrogens with two attached hydrogens (primary N) is 1. The Morgan fingerprint density at radius 3 is 2.86 bits per heavy atom. The molecule has 0 atom stereocenters. The van der Waals surface area contributed by atoms with E-state index in [-0.39, 0.29) is 0 Å². The van der Waals surface area contributed by atoms with Crippen molar-refractivity contribution < 1.29 is 0 Å². The molecule has 0 saturated carbocycles. The average Bonchev–Trinajstić information content (AvgIpc) is 2.71. The fraction of sp³-hybridized carbons (Fsp3) is 0.200. The summed E-state index contributed by atoms with van der Waals surface area (Å²) in [6, 6.07) is 5.89. The lowest BCUT2D eigenvalue weighted by Crippen LogP contribution is -2.04. The molecular formula is C10H12N4. The zero-order chi connectivity index (χ0) is 9.80. The van der Waals surface area contributed by atoms with Crippen LogP contribution in [0, 0.1) is 0 Å². The van der Waals surface area contributed by atoms with Crippen LogP contribution < -0.4 is 5.73 Å². The lowest BCUT2D eigenvalue weighted by Gasteiger charge is -2.03. The number of hydrogen-bond acceptors (Lipinski definition) is 3. The number of imidazole rings is 1. The van der Waals surface area contributed by atoms with E-state index in [1.165, 1.54) is 0 Å². The number of pyridine rings is 1. The van der Waals surface area contributed by atoms with Gasteiger partial charge in [-0.15, -0.1) is 0 Å². The molecule has 0 bridgehead atoms. The SMILES string of the molecule is NCc1cccc(Cn2ccnc2)n1. The second kappa shape index (κ2) is 4.02. The van der Waals surface area contributed by atoms with Crippen molar-refractivity contribution in [2.75, 3.05) is 0 Å². The van der Waals surface area contributed by atoms with Gasteiger partial charge in [-0.1, -0.05) is 6.07 Å². The lowest BCUT2D eigenvalue weighted by atomic mass is 10.3. The fourth-order valence-corrected chi connectivity index (χ4v) is 1.30. The molecule has 0 saturated heterocycles. The molecule has 2 aromatic heterocycles. The van der Waals surface area contributed by atoms with E-state index >= 15 is 0 Å². The van der Waals surface area contributed by atoms with Gasteiger partial charge >= 0.3 is 0 Å². The van der Waals surface area contributed by atoms with Gasteiger partial charge in [0, 0.05) is 18.9 Å². The minimum absolute atomic E-state index is 0.484. The Hall–Kier alpha value is -1.68. The molecule has 0 spiro atoms. The minimum atomic E-state index is 0.484. The van der Waals surface area contributed by atoms with E-state index in [2.05, 4.69) is 9.97 Å². The monoisotopic (exact) mass is 188 g/mol. The summed E-state index contributed by atoms with van der Waals surface area (Å²) in [5.74, 6) is 0. The molecule has 4 nitrogen and oxygen atoms in total. The first-order chi connectivity index (χ1) is 6.88. The van der Waals surface area contributed by atoms with Gasteiger partial charge in [-0.05, 0) is 12.1 Å². The largest absolute Gasteiger partial charge is 0.331 e. The van der Waals surface area contributed by atoms with Crippen LogP contribution in [0.5, 0.6) is 0 Å². The second-order valence-electron chi connectivity index (χ2n) is 3.06. The minimum Gasteiger partial charge on any atom is -0.331 e. The summed E-state index contributed by atoms with van der Waals surface area (Å²) in [6.07, 6.45) is 5.44. The van der Waals surface area contributed by atoms with Crippen molar-refractivity contribution in [3.8, 4) is 0 Å². The van der Waals surface area contributed by atoms with Gasteiger partial charge in [-0.25, -0.2) is 4.98 Å². The molecule has 0 radical (unpaired) electrons. The first-order valence-corrected chi connectivity index (χ1v) is 4.49. The van der Waals surface area contributed by atoms with Crippen LogP contribution in [0.4, 0.5) is 0 Å². The van der Waals surface area contributed by atoms with E-state index in [0.29, 0.717) is 6.54 Å². The first-order valence-electron chi connectivity index (χ1n) is 4.49. The maximum atomic E-state index is 5.51. The molecule has 0 aliphatic carbocycles. The number of aromatic nitrogens is 3. The van der Waals surface area contributed by atoms with Crippen LogP contribution in [0.3, 0.4) is 0 Å². The summed E-state index contributed by atoms with van der Waals surface area (Å²) in [5.41, 5.74) is 7.44. The maximum Gasteiger partial charge on any atom is 0.0949 e. The van der Waals surface area contributed by atoms with Crippen molar-refractivity contribution in [3.63, 3.8) is 0 Å². The van der Waals surface area contributed by atoms with Crippen molar-refractivity contribution in [2.45, 2.75) is 13.1 Å². The Morgan fingerprint density at radius 2 is 2.14 bits per heavy atom. The molecule has 0 aliphatic heterocycles. The molecule has 2 N–H and O–H groups in total. The van der Waals surface area contributed by atoms with Crippen LogP contribution in [0.1, 0.15) is 11.4 Å². The van der Waals surface area contributed by atoms with Crippen LogP contribution in [0.15, 0.2) is 36.9 Å². The first kappa shape index (κ1) is 8.90. The Labute approximate surface area is 82.4 Å². The van der Waals surface area contributed by atoms with Crippen molar-refractivity contribution in [1.29, 1.82) is 0 Å². The van der Waals surface area contributed by atoms with Crippen LogP contribution in [0.25, 0.3) is 0 Å². The smallest absolute Gasteiger partial charge is 0.0949 e. The second-order valence-corrected chi connectivity index (χ2v) is 3.06. The predicted octanol–water partition coefficient (Wildman–Crippen LogP) is 0.785. The molecule has 0 aromatic carbocycles. The molecule has 14 heavy (non-hydrogen) atoms. The highest BCUT2D eigenvalue weighted by Gasteiger charge is 1.97. The van der Waals surface area contributed by atoms with E-state index in [1.807, 2.05) is 29.0 Å². The number of rotatable bonds is 3. The molecule has 0 amide bonds. The summed E-state index contributed by atoms with van der Waals surface area (Å²) in [4.78, 5) is 8.36. The van der Waals surface area contributed by atoms with Gasteiger partial charge in [-0.2, -0.15) is 0 Å². The van der Waals surface area contributed by atoms with Gasteiger partial charge in [0.15, 0.2) is 0 Å². The molecule has 72 valence electrons. The quantitative estimate of drug-likeness (QED) is 0.774. The zero-order valence-electron chi connectivity index (χ0n) is 7.80. The predicted molar refractivity (Wildman–Crippen MR) is 53.5 cm³/mol. The van der Waals surface area contributed by atoms with Crippen molar-refractivity contribution >= 4 is 0 Å². The van der Waals surface area contributed by atoms with Crippen molar-refractivity contribution in [3.05, 3.63) is 48.3 Å². The summed E-state index contributed by atoms with van der Waals surface area (Å²) < 4.78 is 1.97. The summed E-state index contributed by atoms with van der Waals surface area (Å²) in [7, 11) is 0. The third-order valence-corrected chi connectivity index (χ3v) is 1.98. The highest BCUT2D eigenvalue weighted by Crippen LogP contribution is 2.01. The Morgan fingerprint density at radius 1 is 1.29 bits per heavy atom. The highest BCUT2D eigenvalue weighted by atomic mass is 15.0. The molecule has 4 heteroatoms. The molecular weight excluding hydrogens is 176 g/mol. The van der Waals surface area contributed by atoms with Gasteiger partial charge in [-0.3, -0.25) is 4.98 Å². The Kier molecular flexibility index (Phi) is 2.55. The normalized spacial score (nSPS) is 10.4. The van der Waals surface area contributed by atoms with E-state index in [4.69, 9.17) is 5.73 Å². The van der Waals surface area contributed by atoms with E-state index < -0.39 is 0 Å². The summed E-state index contributed by atoms with van der Waals surface area (Å²) >= 11 is 0. The molecule has 2 rings (SSSR count). The standard InChI is InChI=1S/C10H12N4/c11-6-9-2-1-3-10(13-9)7-14-5-4-12-8-14/h1-5,8H,6-7,11H2. The number of nitrogens with zero attached hydrogens (tertiary/aromatic N) is 3. The van der Waals surface area contributed by atoms with Crippen LogP contribution in [-0.2, 0) is 13.1 Å². The molecule has 2 heterocycles. The van der Waals surface area contributed by atoms with Crippen molar-refractivity contribution in [2.24, 2.45) is 5.73 Å². The van der Waals surface area contributed by atoms with Crippen LogP contribution in [0.2, 0.25) is 0 Å². The average molecular weight is 188 g/mol. The highest BCUT2D eigenvalue weighted by molar-refractivity contribution is 5.11. The summed E-state index contributed by atoms with van der Waals surface area (Å²) in [6.45, 7) is 1.23. The van der Waals surface area contributed by atoms with E-state index in [1.54, 1.807) is 12.5 Å². The van der Waals surface area contributed by atoms with E-state index in [9.17, 15) is 0 Å². The van der Waals surface area contributed by atoms with Gasteiger partial charge in [0.1, 0.15) is 0 Å². The van der Waals surface area contributed by atoms with Crippen LogP contribution >= 0.6 is 0 Å². The molecule has 0 fully saturated rings. The van der Waals surface area contributed by atoms with Crippen LogP contribution in [-0.4, -0.2) is 14.5 Å². The zero-order valence-corrected chi connectivity index (χ0v) is 7.80. The fourth-order valence-electron chi connectivity index (χ4n) is 1.30. The summed E-state index contributed by atoms with van der Waals surface area (Å²) in [5, 5.41) is 0. The third kappa shape index (κ3) is 1.97. The Balaban J connectivity index is 2.17.